The van der Waals surface area contributed by atoms with Crippen molar-refractivity contribution in [3.63, 3.8) is 0 Å². The highest BCUT2D eigenvalue weighted by atomic mass is 15.3. The van der Waals surface area contributed by atoms with Crippen LogP contribution in [-0.2, 0) is 20.5 Å². The van der Waals surface area contributed by atoms with E-state index < -0.39 is 0 Å². The van der Waals surface area contributed by atoms with Gasteiger partial charge in [0.1, 0.15) is 5.82 Å². The first-order valence-corrected chi connectivity index (χ1v) is 6.68. The van der Waals surface area contributed by atoms with E-state index in [1.807, 2.05) is 38.2 Å². The van der Waals surface area contributed by atoms with Crippen molar-refractivity contribution in [2.75, 3.05) is 7.05 Å². The van der Waals surface area contributed by atoms with Crippen LogP contribution in [0.1, 0.15) is 35.2 Å². The van der Waals surface area contributed by atoms with Crippen LogP contribution in [0.15, 0.2) is 12.4 Å². The Morgan fingerprint density at radius 2 is 2.05 bits per heavy atom. The Hall–Kier alpha value is -1.62. The fourth-order valence-electron chi connectivity index (χ4n) is 2.58. The second-order valence-electron chi connectivity index (χ2n) is 5.05. The van der Waals surface area contributed by atoms with E-state index in [-0.39, 0.29) is 6.04 Å². The molecule has 0 spiro atoms. The van der Waals surface area contributed by atoms with Gasteiger partial charge in [0.15, 0.2) is 0 Å². The first kappa shape index (κ1) is 13.8. The van der Waals surface area contributed by atoms with Crippen molar-refractivity contribution in [3.8, 4) is 0 Å². The lowest BCUT2D eigenvalue weighted by Gasteiger charge is -2.16. The summed E-state index contributed by atoms with van der Waals surface area (Å²) in [4.78, 5) is 4.43. The molecule has 5 nitrogen and oxygen atoms in total. The monoisotopic (exact) mass is 261 g/mol. The largest absolute Gasteiger partial charge is 0.337 e. The number of imidazole rings is 1. The van der Waals surface area contributed by atoms with E-state index in [0.717, 1.165) is 24.4 Å². The number of hydrogen-bond donors (Lipinski definition) is 1. The predicted octanol–water partition coefficient (Wildman–Crippen LogP) is 1.66. The van der Waals surface area contributed by atoms with Crippen molar-refractivity contribution < 1.29 is 0 Å². The van der Waals surface area contributed by atoms with Crippen molar-refractivity contribution in [2.24, 2.45) is 14.1 Å². The van der Waals surface area contributed by atoms with Gasteiger partial charge in [0.05, 0.1) is 11.7 Å². The summed E-state index contributed by atoms with van der Waals surface area (Å²) < 4.78 is 4.03. The third kappa shape index (κ3) is 2.71. The molecule has 1 unspecified atom stereocenters. The molecule has 0 aliphatic carbocycles. The zero-order valence-electron chi connectivity index (χ0n) is 12.4. The summed E-state index contributed by atoms with van der Waals surface area (Å²) in [5.74, 6) is 1.08. The zero-order valence-corrected chi connectivity index (χ0v) is 12.4. The Balaban J connectivity index is 2.11. The van der Waals surface area contributed by atoms with Crippen LogP contribution < -0.4 is 5.32 Å². The molecule has 19 heavy (non-hydrogen) atoms. The third-order valence-corrected chi connectivity index (χ3v) is 3.86. The van der Waals surface area contributed by atoms with Crippen LogP contribution in [0.4, 0.5) is 0 Å². The van der Waals surface area contributed by atoms with Crippen LogP contribution in [0.2, 0.25) is 0 Å². The smallest absolute Gasteiger partial charge is 0.125 e. The number of nitrogens with zero attached hydrogens (tertiary/aromatic N) is 4. The lowest BCUT2D eigenvalue weighted by atomic mass is 10.0. The van der Waals surface area contributed by atoms with Gasteiger partial charge in [-0.25, -0.2) is 4.98 Å². The van der Waals surface area contributed by atoms with Gasteiger partial charge in [-0.05, 0) is 39.3 Å². The predicted molar refractivity (Wildman–Crippen MR) is 76.0 cm³/mol. The minimum atomic E-state index is 0.277. The molecule has 5 heteroatoms. The quantitative estimate of drug-likeness (QED) is 0.890. The van der Waals surface area contributed by atoms with Crippen molar-refractivity contribution in [2.45, 2.75) is 32.7 Å². The minimum absolute atomic E-state index is 0.277. The Kier molecular flexibility index (Phi) is 4.04. The molecular weight excluding hydrogens is 238 g/mol. The molecule has 1 atom stereocenters. The molecule has 0 aromatic carbocycles. The summed E-state index contributed by atoms with van der Waals surface area (Å²) >= 11 is 0. The average Bonchev–Trinajstić information content (AvgIpc) is 2.89. The van der Waals surface area contributed by atoms with Crippen molar-refractivity contribution >= 4 is 0 Å². The van der Waals surface area contributed by atoms with Crippen LogP contribution in [0.5, 0.6) is 0 Å². The van der Waals surface area contributed by atoms with E-state index >= 15 is 0 Å². The fourth-order valence-corrected chi connectivity index (χ4v) is 2.58. The highest BCUT2D eigenvalue weighted by Crippen LogP contribution is 2.20. The topological polar surface area (TPSA) is 47.7 Å². The second kappa shape index (κ2) is 5.57. The Labute approximate surface area is 114 Å². The third-order valence-electron chi connectivity index (χ3n) is 3.86. The number of rotatable bonds is 5. The van der Waals surface area contributed by atoms with Crippen LogP contribution in [0.3, 0.4) is 0 Å². The Bertz CT molecular complexity index is 552. The average molecular weight is 261 g/mol. The van der Waals surface area contributed by atoms with Gasteiger partial charge < -0.3 is 9.88 Å². The lowest BCUT2D eigenvalue weighted by Crippen LogP contribution is -2.20. The Morgan fingerprint density at radius 1 is 1.32 bits per heavy atom. The molecule has 2 aromatic heterocycles. The van der Waals surface area contributed by atoms with E-state index in [1.165, 1.54) is 11.3 Å². The van der Waals surface area contributed by atoms with Gasteiger partial charge in [-0.2, -0.15) is 5.10 Å². The molecule has 0 saturated heterocycles. The van der Waals surface area contributed by atoms with Gasteiger partial charge in [0.2, 0.25) is 0 Å². The first-order valence-electron chi connectivity index (χ1n) is 6.68. The molecule has 2 aromatic rings. The Morgan fingerprint density at radius 3 is 2.53 bits per heavy atom. The van der Waals surface area contributed by atoms with E-state index in [4.69, 9.17) is 0 Å². The summed E-state index contributed by atoms with van der Waals surface area (Å²) in [5.41, 5.74) is 3.75. The maximum Gasteiger partial charge on any atom is 0.125 e. The molecule has 0 amide bonds. The lowest BCUT2D eigenvalue weighted by molar-refractivity contribution is 0.504. The molecule has 0 radical (unpaired) electrons. The molecule has 2 rings (SSSR count). The van der Waals surface area contributed by atoms with Crippen molar-refractivity contribution in [3.05, 3.63) is 35.2 Å². The molecule has 0 saturated carbocycles. The SMILES string of the molecule is CNC(CCc1c(C)nn(C)c1C)c1nccn1C. The maximum absolute atomic E-state index is 4.47. The summed E-state index contributed by atoms with van der Waals surface area (Å²) in [7, 11) is 6.02. The van der Waals surface area contributed by atoms with Gasteiger partial charge >= 0.3 is 0 Å². The van der Waals surface area contributed by atoms with E-state index in [2.05, 4.69) is 33.8 Å². The molecule has 104 valence electrons. The molecule has 2 heterocycles. The van der Waals surface area contributed by atoms with Gasteiger partial charge in [0.25, 0.3) is 0 Å². The van der Waals surface area contributed by atoms with Crippen LogP contribution in [0.25, 0.3) is 0 Å². The molecule has 0 bridgehead atoms. The van der Waals surface area contributed by atoms with Crippen LogP contribution >= 0.6 is 0 Å². The number of aromatic nitrogens is 4. The minimum Gasteiger partial charge on any atom is -0.337 e. The number of hydrogen-bond acceptors (Lipinski definition) is 3. The first-order chi connectivity index (χ1) is 9.04. The number of aryl methyl sites for hydroxylation is 3. The standard InChI is InChI=1S/C14H23N5/c1-10-12(11(2)19(5)17-10)6-7-13(15-3)14-16-8-9-18(14)4/h8-9,13,15H,6-7H2,1-5H3. The highest BCUT2D eigenvalue weighted by Gasteiger charge is 2.16. The zero-order chi connectivity index (χ0) is 14.0. The second-order valence-corrected chi connectivity index (χ2v) is 5.05. The van der Waals surface area contributed by atoms with Crippen molar-refractivity contribution in [1.82, 2.24) is 24.6 Å². The maximum atomic E-state index is 4.47. The summed E-state index contributed by atoms with van der Waals surface area (Å²) in [5, 5.41) is 7.82. The molecule has 0 aliphatic heterocycles. The summed E-state index contributed by atoms with van der Waals surface area (Å²) in [6, 6.07) is 0.277. The fraction of sp³-hybridized carbons (Fsp3) is 0.571. The van der Waals surface area contributed by atoms with E-state index in [1.54, 1.807) is 0 Å². The van der Waals surface area contributed by atoms with E-state index in [0.29, 0.717) is 0 Å². The summed E-state index contributed by atoms with van der Waals surface area (Å²) in [6.07, 6.45) is 5.87. The highest BCUT2D eigenvalue weighted by molar-refractivity contribution is 5.24. The van der Waals surface area contributed by atoms with Crippen molar-refractivity contribution in [1.29, 1.82) is 0 Å². The summed E-state index contributed by atoms with van der Waals surface area (Å²) in [6.45, 7) is 4.21. The molecule has 0 aliphatic rings. The number of nitrogens with one attached hydrogen (secondary N) is 1. The molecular formula is C14H23N5. The normalized spacial score (nSPS) is 12.9. The van der Waals surface area contributed by atoms with Gasteiger partial charge in [-0.3, -0.25) is 4.68 Å². The van der Waals surface area contributed by atoms with Gasteiger partial charge in [0, 0.05) is 32.2 Å². The van der Waals surface area contributed by atoms with Crippen LogP contribution in [-0.4, -0.2) is 26.4 Å². The van der Waals surface area contributed by atoms with Gasteiger partial charge in [-0.15, -0.1) is 0 Å². The van der Waals surface area contributed by atoms with Gasteiger partial charge in [-0.1, -0.05) is 0 Å². The molecule has 0 fully saturated rings. The van der Waals surface area contributed by atoms with E-state index in [9.17, 15) is 0 Å². The molecule has 1 N–H and O–H groups in total. The van der Waals surface area contributed by atoms with Crippen LogP contribution in [0, 0.1) is 13.8 Å².